The molecule has 5 nitrogen and oxygen atoms in total. The third-order valence-electron chi connectivity index (χ3n) is 2.78. The highest BCUT2D eigenvalue weighted by atomic mass is 79.9. The molecule has 1 aromatic heterocycles. The van der Waals surface area contributed by atoms with Crippen molar-refractivity contribution in [2.45, 2.75) is 26.4 Å². The Hall–Kier alpha value is -1.82. The SMILES string of the molecule is COC(=O)c1cccc2c1c(Br)cn2C(=O)OC(C)(C)C. The maximum atomic E-state index is 12.2. The number of halogens is 1. The Labute approximate surface area is 131 Å². The van der Waals surface area contributed by atoms with E-state index in [4.69, 9.17) is 9.47 Å². The van der Waals surface area contributed by atoms with Crippen LogP contribution < -0.4 is 0 Å². The van der Waals surface area contributed by atoms with Crippen molar-refractivity contribution in [1.82, 2.24) is 4.57 Å². The molecule has 6 heteroatoms. The smallest absolute Gasteiger partial charge is 0.419 e. The molecule has 0 spiro atoms. The Balaban J connectivity index is 2.59. The number of carbonyl (C=O) groups is 2. The highest BCUT2D eigenvalue weighted by molar-refractivity contribution is 9.10. The van der Waals surface area contributed by atoms with Gasteiger partial charge in [-0.1, -0.05) is 6.07 Å². The normalized spacial score (nSPS) is 11.5. The van der Waals surface area contributed by atoms with Crippen LogP contribution in [0, 0.1) is 0 Å². The van der Waals surface area contributed by atoms with Gasteiger partial charge in [-0.25, -0.2) is 9.59 Å². The average molecular weight is 354 g/mol. The summed E-state index contributed by atoms with van der Waals surface area (Å²) in [7, 11) is 1.32. The number of esters is 1. The Bertz CT molecular complexity index is 712. The zero-order valence-corrected chi connectivity index (χ0v) is 13.9. The number of carbonyl (C=O) groups excluding carboxylic acids is 2. The van der Waals surface area contributed by atoms with Gasteiger partial charge in [0.05, 0.1) is 18.2 Å². The molecule has 0 atom stereocenters. The van der Waals surface area contributed by atoms with Crippen molar-refractivity contribution in [2.75, 3.05) is 7.11 Å². The topological polar surface area (TPSA) is 57.5 Å². The minimum absolute atomic E-state index is 0.393. The van der Waals surface area contributed by atoms with Crippen LogP contribution in [0.3, 0.4) is 0 Å². The summed E-state index contributed by atoms with van der Waals surface area (Å²) in [6.07, 6.45) is 1.09. The van der Waals surface area contributed by atoms with Crippen LogP contribution >= 0.6 is 15.9 Å². The predicted molar refractivity (Wildman–Crippen MR) is 82.6 cm³/mol. The largest absolute Gasteiger partial charge is 0.465 e. The first-order valence-corrected chi connectivity index (χ1v) is 7.15. The number of hydrogen-bond donors (Lipinski definition) is 0. The summed E-state index contributed by atoms with van der Waals surface area (Å²) in [5, 5.41) is 0.621. The second kappa shape index (κ2) is 5.52. The summed E-state index contributed by atoms with van der Waals surface area (Å²) in [6.45, 7) is 5.39. The van der Waals surface area contributed by atoms with Gasteiger partial charge in [-0.2, -0.15) is 0 Å². The number of rotatable bonds is 1. The summed E-state index contributed by atoms with van der Waals surface area (Å²) in [4.78, 5) is 24.1. The lowest BCUT2D eigenvalue weighted by molar-refractivity contribution is 0.0542. The average Bonchev–Trinajstić information content (AvgIpc) is 2.74. The van der Waals surface area contributed by atoms with E-state index in [1.54, 1.807) is 45.2 Å². The summed E-state index contributed by atoms with van der Waals surface area (Å²) in [5.41, 5.74) is 0.378. The Morgan fingerprint density at radius 1 is 1.24 bits per heavy atom. The van der Waals surface area contributed by atoms with Crippen LogP contribution in [0.15, 0.2) is 28.9 Å². The van der Waals surface area contributed by atoms with Gasteiger partial charge in [0.2, 0.25) is 0 Å². The number of fused-ring (bicyclic) bond motifs is 1. The molecule has 0 saturated carbocycles. The van der Waals surface area contributed by atoms with E-state index in [0.717, 1.165) is 0 Å². The van der Waals surface area contributed by atoms with E-state index in [-0.39, 0.29) is 0 Å². The first-order chi connectivity index (χ1) is 9.74. The molecule has 2 aromatic rings. The standard InChI is InChI=1S/C15H16BrNO4/c1-15(2,3)21-14(19)17-8-10(16)12-9(13(18)20-4)6-5-7-11(12)17/h5-8H,1-4H3. The number of benzene rings is 1. The van der Waals surface area contributed by atoms with E-state index in [9.17, 15) is 9.59 Å². The third-order valence-corrected chi connectivity index (χ3v) is 3.38. The van der Waals surface area contributed by atoms with E-state index >= 15 is 0 Å². The third kappa shape index (κ3) is 3.10. The molecule has 2 rings (SSSR count). The van der Waals surface area contributed by atoms with Gasteiger partial charge in [0, 0.05) is 16.1 Å². The van der Waals surface area contributed by atoms with Crippen molar-refractivity contribution in [3.8, 4) is 0 Å². The van der Waals surface area contributed by atoms with E-state index in [1.807, 2.05) is 0 Å². The second-order valence-corrected chi connectivity index (χ2v) is 6.37. The fourth-order valence-electron chi connectivity index (χ4n) is 1.98. The van der Waals surface area contributed by atoms with Crippen LogP contribution in [0.5, 0.6) is 0 Å². The lowest BCUT2D eigenvalue weighted by Crippen LogP contribution is -2.26. The molecule has 0 unspecified atom stereocenters. The lowest BCUT2D eigenvalue weighted by atomic mass is 10.1. The Kier molecular flexibility index (Phi) is 4.09. The highest BCUT2D eigenvalue weighted by Gasteiger charge is 2.22. The van der Waals surface area contributed by atoms with Crippen molar-refractivity contribution in [3.63, 3.8) is 0 Å². The number of ether oxygens (including phenoxy) is 2. The molecule has 0 aliphatic rings. The van der Waals surface area contributed by atoms with Gasteiger partial charge >= 0.3 is 12.1 Å². The first-order valence-electron chi connectivity index (χ1n) is 6.36. The zero-order valence-electron chi connectivity index (χ0n) is 12.3. The van der Waals surface area contributed by atoms with Crippen LogP contribution in [0.1, 0.15) is 31.1 Å². The highest BCUT2D eigenvalue weighted by Crippen LogP contribution is 2.30. The molecule has 1 aromatic carbocycles. The molecule has 112 valence electrons. The quantitative estimate of drug-likeness (QED) is 0.727. The molecule has 0 N–H and O–H groups in total. The van der Waals surface area contributed by atoms with Gasteiger partial charge in [0.15, 0.2) is 0 Å². The van der Waals surface area contributed by atoms with Crippen LogP contribution in [-0.4, -0.2) is 29.3 Å². The maximum absolute atomic E-state index is 12.2. The molecule has 0 aliphatic heterocycles. The van der Waals surface area contributed by atoms with Gasteiger partial charge in [0.1, 0.15) is 5.60 Å². The van der Waals surface area contributed by atoms with Gasteiger partial charge in [-0.15, -0.1) is 0 Å². The van der Waals surface area contributed by atoms with E-state index < -0.39 is 17.7 Å². The summed E-state index contributed by atoms with van der Waals surface area (Å²) in [5.74, 6) is -0.455. The van der Waals surface area contributed by atoms with Gasteiger partial charge in [0.25, 0.3) is 0 Å². The van der Waals surface area contributed by atoms with Crippen LogP contribution in [0.2, 0.25) is 0 Å². The predicted octanol–water partition coefficient (Wildman–Crippen LogP) is 3.97. The summed E-state index contributed by atoms with van der Waals surface area (Å²) < 4.78 is 12.1. The van der Waals surface area contributed by atoms with Crippen LogP contribution in [-0.2, 0) is 9.47 Å². The summed E-state index contributed by atoms with van der Waals surface area (Å²) in [6, 6.07) is 5.09. The van der Waals surface area contributed by atoms with E-state index in [0.29, 0.717) is 20.9 Å². The molecule has 21 heavy (non-hydrogen) atoms. The zero-order chi connectivity index (χ0) is 15.8. The van der Waals surface area contributed by atoms with E-state index in [2.05, 4.69) is 15.9 Å². The summed E-state index contributed by atoms with van der Waals surface area (Å²) >= 11 is 3.38. The Morgan fingerprint density at radius 3 is 2.48 bits per heavy atom. The van der Waals surface area contributed by atoms with Crippen molar-refractivity contribution in [3.05, 3.63) is 34.4 Å². The van der Waals surface area contributed by atoms with Crippen molar-refractivity contribution in [2.24, 2.45) is 0 Å². The molecule has 0 bridgehead atoms. The number of methoxy groups -OCH3 is 1. The molecular formula is C15H16BrNO4. The molecule has 0 aliphatic carbocycles. The number of aromatic nitrogens is 1. The van der Waals surface area contributed by atoms with Gasteiger partial charge in [-0.05, 0) is 48.8 Å². The molecule has 0 fully saturated rings. The molecule has 0 radical (unpaired) electrons. The minimum Gasteiger partial charge on any atom is -0.465 e. The fraction of sp³-hybridized carbons (Fsp3) is 0.333. The number of hydrogen-bond acceptors (Lipinski definition) is 4. The molecule has 0 amide bonds. The number of nitrogens with zero attached hydrogens (tertiary/aromatic N) is 1. The van der Waals surface area contributed by atoms with Crippen LogP contribution in [0.4, 0.5) is 4.79 Å². The van der Waals surface area contributed by atoms with Crippen molar-refractivity contribution in [1.29, 1.82) is 0 Å². The monoisotopic (exact) mass is 353 g/mol. The van der Waals surface area contributed by atoms with Crippen molar-refractivity contribution < 1.29 is 19.1 Å². The second-order valence-electron chi connectivity index (χ2n) is 5.52. The lowest BCUT2D eigenvalue weighted by Gasteiger charge is -2.19. The Morgan fingerprint density at radius 2 is 1.90 bits per heavy atom. The first kappa shape index (κ1) is 15.6. The molecular weight excluding hydrogens is 338 g/mol. The van der Waals surface area contributed by atoms with Gasteiger partial charge < -0.3 is 9.47 Å². The van der Waals surface area contributed by atoms with Crippen LogP contribution in [0.25, 0.3) is 10.9 Å². The van der Waals surface area contributed by atoms with Crippen molar-refractivity contribution >= 4 is 38.9 Å². The minimum atomic E-state index is -0.597. The fourth-order valence-corrected chi connectivity index (χ4v) is 2.60. The van der Waals surface area contributed by atoms with Gasteiger partial charge in [-0.3, -0.25) is 4.57 Å². The van der Waals surface area contributed by atoms with E-state index in [1.165, 1.54) is 11.7 Å². The molecule has 1 heterocycles. The molecule has 0 saturated heterocycles. The maximum Gasteiger partial charge on any atom is 0.419 e.